The molecule has 0 aliphatic heterocycles. The summed E-state index contributed by atoms with van der Waals surface area (Å²) >= 11 is 0. The molecule has 14 heteroatoms. The molecule has 0 spiro atoms. The van der Waals surface area contributed by atoms with Crippen molar-refractivity contribution in [2.75, 3.05) is 32.1 Å². The van der Waals surface area contributed by atoms with Gasteiger partial charge in [-0.3, -0.25) is 14.6 Å². The van der Waals surface area contributed by atoms with Crippen LogP contribution in [0.1, 0.15) is 24.5 Å². The van der Waals surface area contributed by atoms with Gasteiger partial charge in [-0.1, -0.05) is 19.6 Å². The summed E-state index contributed by atoms with van der Waals surface area (Å²) in [5, 5.41) is 19.1. The predicted octanol–water partition coefficient (Wildman–Crippen LogP) is 2.87. The Kier molecular flexibility index (Phi) is 10.3. The molecule has 0 saturated carbocycles. The summed E-state index contributed by atoms with van der Waals surface area (Å²) in [6.07, 6.45) is 5.71. The monoisotopic (exact) mass is 606 g/mol. The Morgan fingerprint density at radius 1 is 1.11 bits per heavy atom. The fourth-order valence-corrected chi connectivity index (χ4v) is 4.61. The third kappa shape index (κ3) is 7.21. The van der Waals surface area contributed by atoms with Crippen LogP contribution in [0.5, 0.6) is 5.75 Å². The number of carbonyl (C=O) groups excluding carboxylic acids is 1. The first kappa shape index (κ1) is 31.7. The lowest BCUT2D eigenvalue weighted by Gasteiger charge is -2.17. The average Bonchev–Trinajstić information content (AvgIpc) is 3.45. The summed E-state index contributed by atoms with van der Waals surface area (Å²) < 4.78 is 35.7. The van der Waals surface area contributed by atoms with Gasteiger partial charge >= 0.3 is 0 Å². The number of methoxy groups -OCH3 is 1. The van der Waals surface area contributed by atoms with Gasteiger partial charge in [-0.2, -0.15) is 4.39 Å². The molecule has 0 saturated heterocycles. The first-order valence-corrected chi connectivity index (χ1v) is 13.9. The molecule has 2 heterocycles. The van der Waals surface area contributed by atoms with Gasteiger partial charge in [0.05, 0.1) is 25.0 Å². The van der Waals surface area contributed by atoms with Gasteiger partial charge in [0.25, 0.3) is 0 Å². The van der Waals surface area contributed by atoms with E-state index in [9.17, 15) is 13.6 Å². The van der Waals surface area contributed by atoms with Crippen molar-refractivity contribution in [3.63, 3.8) is 0 Å². The smallest absolute Gasteiger partial charge is 0.237 e. The first-order valence-electron chi connectivity index (χ1n) is 13.9. The molecule has 2 aromatic carbocycles. The van der Waals surface area contributed by atoms with Crippen molar-refractivity contribution in [1.29, 1.82) is 5.41 Å². The van der Waals surface area contributed by atoms with Crippen molar-refractivity contribution in [3.8, 4) is 17.0 Å². The minimum Gasteiger partial charge on any atom is -0.494 e. The number of hydrogen-bond acceptors (Lipinski definition) is 8. The molecule has 4 aromatic rings. The van der Waals surface area contributed by atoms with E-state index in [1.807, 2.05) is 25.1 Å². The number of anilines is 2. The van der Waals surface area contributed by atoms with Crippen molar-refractivity contribution >= 4 is 34.7 Å². The third-order valence-electron chi connectivity index (χ3n) is 6.91. The van der Waals surface area contributed by atoms with Crippen LogP contribution < -0.4 is 37.5 Å². The van der Waals surface area contributed by atoms with Crippen LogP contribution in [-0.2, 0) is 11.2 Å². The number of aryl methyl sites for hydroxylation is 1. The van der Waals surface area contributed by atoms with Crippen LogP contribution in [0.2, 0.25) is 0 Å². The Morgan fingerprint density at radius 2 is 1.89 bits per heavy atom. The highest BCUT2D eigenvalue weighted by Gasteiger charge is 2.19. The Hall–Kier alpha value is -5.24. The number of guanidine groups is 1. The number of benzene rings is 2. The zero-order valence-corrected chi connectivity index (χ0v) is 24.5. The van der Waals surface area contributed by atoms with Crippen LogP contribution in [0.4, 0.5) is 20.3 Å². The predicted molar refractivity (Wildman–Crippen MR) is 167 cm³/mol. The summed E-state index contributed by atoms with van der Waals surface area (Å²) in [7, 11) is 1.28. The zero-order valence-electron chi connectivity index (χ0n) is 24.5. The number of fused-ring (bicyclic) bond motifs is 1. The topological polar surface area (TPSA) is 180 Å². The molecule has 0 radical (unpaired) electrons. The van der Waals surface area contributed by atoms with Gasteiger partial charge in [0.15, 0.2) is 29.0 Å². The molecule has 4 rings (SSSR count). The average molecular weight is 607 g/mol. The van der Waals surface area contributed by atoms with E-state index in [-0.39, 0.29) is 23.2 Å². The second-order valence-electron chi connectivity index (χ2n) is 9.84. The summed E-state index contributed by atoms with van der Waals surface area (Å²) in [4.78, 5) is 21.0. The second kappa shape index (κ2) is 14.3. The van der Waals surface area contributed by atoms with E-state index in [4.69, 9.17) is 21.6 Å². The Labute approximate surface area is 253 Å². The number of halogens is 2. The second-order valence-corrected chi connectivity index (χ2v) is 9.84. The number of nitrogens with two attached hydrogens (primary N) is 2. The van der Waals surface area contributed by atoms with Crippen molar-refractivity contribution in [1.82, 2.24) is 30.3 Å². The van der Waals surface area contributed by atoms with E-state index in [0.29, 0.717) is 48.9 Å². The highest BCUT2D eigenvalue weighted by Crippen LogP contribution is 2.32. The summed E-state index contributed by atoms with van der Waals surface area (Å²) in [6, 6.07) is 7.89. The lowest BCUT2D eigenvalue weighted by Crippen LogP contribution is -2.45. The molecule has 12 nitrogen and oxygen atoms in total. The van der Waals surface area contributed by atoms with Gasteiger partial charge in [0.1, 0.15) is 0 Å². The number of aromatic nitrogens is 3. The van der Waals surface area contributed by atoms with E-state index >= 15 is 0 Å². The molecule has 9 N–H and O–H groups in total. The van der Waals surface area contributed by atoms with E-state index < -0.39 is 17.7 Å². The van der Waals surface area contributed by atoms with Gasteiger partial charge in [0.2, 0.25) is 11.7 Å². The van der Waals surface area contributed by atoms with Gasteiger partial charge < -0.3 is 37.5 Å². The quantitative estimate of drug-likeness (QED) is 0.0645. The van der Waals surface area contributed by atoms with Gasteiger partial charge in [-0.05, 0) is 42.7 Å². The minimum atomic E-state index is -1.07. The lowest BCUT2D eigenvalue weighted by molar-refractivity contribution is -0.122. The van der Waals surface area contributed by atoms with Gasteiger partial charge in [0, 0.05) is 54.5 Å². The maximum atomic E-state index is 14.8. The van der Waals surface area contributed by atoms with Crippen molar-refractivity contribution in [3.05, 3.63) is 78.3 Å². The SMILES string of the molecule is C=C(NCCNC(=O)[C@@H](N)CCNC(=N)N)c1ccc(Nc2nccn3c(-c4ccc(OC)c(F)c4F)cnc23)cc1CC. The largest absolute Gasteiger partial charge is 0.494 e. The molecule has 0 unspecified atom stereocenters. The molecule has 1 atom stereocenters. The molecule has 2 aromatic heterocycles. The number of imidazole rings is 1. The van der Waals surface area contributed by atoms with Crippen LogP contribution in [0.15, 0.2) is 55.5 Å². The fraction of sp³-hybridized carbons (Fsp3) is 0.267. The zero-order chi connectivity index (χ0) is 31.8. The molecule has 1 amide bonds. The van der Waals surface area contributed by atoms with Crippen LogP contribution in [0.25, 0.3) is 22.6 Å². The normalized spacial score (nSPS) is 11.6. The number of nitrogens with one attached hydrogen (secondary N) is 5. The molecule has 0 fully saturated rings. The van der Waals surface area contributed by atoms with Gasteiger partial charge in [-0.25, -0.2) is 14.4 Å². The number of ether oxygens (including phenoxy) is 1. The summed E-state index contributed by atoms with van der Waals surface area (Å²) in [6.45, 7) is 7.31. The lowest BCUT2D eigenvalue weighted by atomic mass is 10.0. The van der Waals surface area contributed by atoms with Crippen molar-refractivity contribution < 1.29 is 18.3 Å². The molecular weight excluding hydrogens is 570 g/mol. The minimum absolute atomic E-state index is 0.0426. The van der Waals surface area contributed by atoms with Crippen LogP contribution in [0.3, 0.4) is 0 Å². The van der Waals surface area contributed by atoms with Crippen LogP contribution in [0, 0.1) is 17.0 Å². The molecular formula is C30H36F2N10O2. The van der Waals surface area contributed by atoms with Crippen molar-refractivity contribution in [2.24, 2.45) is 11.5 Å². The summed E-state index contributed by atoms with van der Waals surface area (Å²) in [5.74, 6) is -2.30. The number of carbonyl (C=O) groups is 1. The molecule has 0 bridgehead atoms. The Bertz CT molecular complexity index is 1670. The van der Waals surface area contributed by atoms with Crippen LogP contribution >= 0.6 is 0 Å². The molecule has 232 valence electrons. The van der Waals surface area contributed by atoms with E-state index in [1.165, 1.54) is 25.4 Å². The maximum absolute atomic E-state index is 14.8. The van der Waals surface area contributed by atoms with E-state index in [1.54, 1.807) is 16.8 Å². The number of hydrogen-bond donors (Lipinski definition) is 7. The third-order valence-corrected chi connectivity index (χ3v) is 6.91. The summed E-state index contributed by atoms with van der Waals surface area (Å²) in [5.41, 5.74) is 15.3. The highest BCUT2D eigenvalue weighted by atomic mass is 19.2. The van der Waals surface area contributed by atoms with Crippen LogP contribution in [-0.4, -0.2) is 59.0 Å². The standard InChI is InChI=1S/C30H36F2N10O2/c1-4-18-15-19(5-6-20(18)17(2)36-11-12-38-29(43)22(33)9-10-39-30(34)35)41-27-28-40-16-23(42(28)14-13-37-27)21-7-8-24(44-3)26(32)25(21)31/h5-8,13-16,22,36H,2,4,9-12,33H2,1,3H3,(H,37,41)(H,38,43)(H4,34,35,39)/t22-/m0/s1. The van der Waals surface area contributed by atoms with Gasteiger partial charge in [-0.15, -0.1) is 0 Å². The maximum Gasteiger partial charge on any atom is 0.237 e. The van der Waals surface area contributed by atoms with E-state index in [0.717, 1.165) is 23.2 Å². The highest BCUT2D eigenvalue weighted by molar-refractivity contribution is 5.81. The number of nitrogens with zero attached hydrogens (tertiary/aromatic N) is 3. The number of amides is 1. The van der Waals surface area contributed by atoms with Crippen molar-refractivity contribution in [2.45, 2.75) is 25.8 Å². The molecule has 0 aliphatic carbocycles. The Morgan fingerprint density at radius 3 is 2.61 bits per heavy atom. The Balaban J connectivity index is 1.41. The van der Waals surface area contributed by atoms with E-state index in [2.05, 4.69) is 37.8 Å². The first-order chi connectivity index (χ1) is 21.1. The molecule has 0 aliphatic rings. The molecule has 44 heavy (non-hydrogen) atoms. The fourth-order valence-electron chi connectivity index (χ4n) is 4.61. The number of rotatable bonds is 14.